The fraction of sp³-hybridized carbons (Fsp3) is 0.808. The van der Waals surface area contributed by atoms with Crippen molar-refractivity contribution in [1.29, 1.82) is 0 Å². The molecule has 1 rings (SSSR count). The summed E-state index contributed by atoms with van der Waals surface area (Å²) in [5.74, 6) is -12.1. The number of amides is 9. The van der Waals surface area contributed by atoms with Gasteiger partial charge in [0, 0.05) is 34.6 Å². The number of primary amides is 1. The summed E-state index contributed by atoms with van der Waals surface area (Å²) < 4.78 is 5.58. The van der Waals surface area contributed by atoms with Crippen molar-refractivity contribution in [2.45, 2.75) is 201 Å². The van der Waals surface area contributed by atoms with E-state index >= 15 is 0 Å². The highest BCUT2D eigenvalue weighted by atomic mass is 16.6. The predicted octanol–water partition coefficient (Wildman–Crippen LogP) is -0.984. The number of likely N-dealkylation sites (N-methyl/N-ethyl adjacent to an activating group) is 4. The molecule has 0 bridgehead atoms. The van der Waals surface area contributed by atoms with Crippen LogP contribution in [0.15, 0.2) is 0 Å². The molecule has 0 aromatic carbocycles. The average molecular weight is 1080 g/mol. The zero-order valence-electron chi connectivity index (χ0n) is 48.0. The van der Waals surface area contributed by atoms with Gasteiger partial charge in [-0.2, -0.15) is 0 Å². The van der Waals surface area contributed by atoms with Crippen molar-refractivity contribution in [2.75, 3.05) is 34.8 Å². The highest BCUT2D eigenvalue weighted by Gasteiger charge is 2.45. The molecule has 9 amide bonds. The van der Waals surface area contributed by atoms with Gasteiger partial charge in [0.05, 0.1) is 12.7 Å². The Balaban J connectivity index is 4.37. The Bertz CT molecular complexity index is 2000. The van der Waals surface area contributed by atoms with Crippen LogP contribution in [-0.2, 0) is 52.7 Å². The standard InChI is InChI=1S/C52H93N9O15/c1-18-30(12)38-51(74)59(15)39(28(8)9)45(68)55-33(21-25(2)3)44(67)54-32(19-20-37(53)65)48(71)58(14)35(23-27(6)7)50(73)60(16)40(29(10)11)52(75)76-43(36(64)24-62)42(66)47(70)56-34(22-26(4)5)49(72)61(17)41(31(13)63)46(69)57-38/h25-36,38-43,62-64,66H,18-24H2,1-17H3,(H2,53,65)(H,54,67)(H,55,68)(H,56,70)(H,57,69)/t30-,31+,32-,33+,34-,35+,36+,38-,39-,40-,41-,42+,43-/m0/s1. The van der Waals surface area contributed by atoms with Crippen molar-refractivity contribution in [3.05, 3.63) is 0 Å². The second-order valence-electron chi connectivity index (χ2n) is 22.4. The van der Waals surface area contributed by atoms with E-state index < -0.39 is 156 Å². The third-order valence-electron chi connectivity index (χ3n) is 13.7. The van der Waals surface area contributed by atoms with E-state index in [4.69, 9.17) is 10.5 Å². The van der Waals surface area contributed by atoms with Gasteiger partial charge >= 0.3 is 5.97 Å². The lowest BCUT2D eigenvalue weighted by molar-refractivity contribution is -0.179. The van der Waals surface area contributed by atoms with Crippen molar-refractivity contribution in [3.8, 4) is 0 Å². The van der Waals surface area contributed by atoms with Crippen LogP contribution < -0.4 is 27.0 Å². The molecule has 0 aliphatic carbocycles. The molecule has 13 atom stereocenters. The van der Waals surface area contributed by atoms with Crippen LogP contribution >= 0.6 is 0 Å². The highest BCUT2D eigenvalue weighted by molar-refractivity contribution is 5.98. The van der Waals surface area contributed by atoms with Gasteiger partial charge in [0.2, 0.25) is 47.3 Å². The molecule has 436 valence electrons. The Kier molecular flexibility index (Phi) is 28.0. The Morgan fingerprint density at radius 2 is 1.03 bits per heavy atom. The zero-order chi connectivity index (χ0) is 59.0. The molecule has 1 aliphatic heterocycles. The fourth-order valence-electron chi connectivity index (χ4n) is 9.36. The van der Waals surface area contributed by atoms with E-state index in [1.807, 2.05) is 0 Å². The molecule has 24 heteroatoms. The monoisotopic (exact) mass is 1080 g/mol. The van der Waals surface area contributed by atoms with Crippen LogP contribution in [0.2, 0.25) is 0 Å². The van der Waals surface area contributed by atoms with Gasteiger partial charge in [-0.15, -0.1) is 0 Å². The Labute approximate surface area is 449 Å². The zero-order valence-corrected chi connectivity index (χ0v) is 48.0. The highest BCUT2D eigenvalue weighted by Crippen LogP contribution is 2.23. The molecule has 0 radical (unpaired) electrons. The number of esters is 1. The lowest BCUT2D eigenvalue weighted by Gasteiger charge is -2.38. The number of aliphatic hydroxyl groups excluding tert-OH is 4. The smallest absolute Gasteiger partial charge is 0.329 e. The summed E-state index contributed by atoms with van der Waals surface area (Å²) in [6.07, 6.45) is -8.81. The molecular weight excluding hydrogens is 991 g/mol. The summed E-state index contributed by atoms with van der Waals surface area (Å²) in [5, 5.41) is 54.1. The number of hydrogen-bond donors (Lipinski definition) is 9. The maximum Gasteiger partial charge on any atom is 0.329 e. The molecule has 1 fully saturated rings. The summed E-state index contributed by atoms with van der Waals surface area (Å²) in [7, 11) is 5.10. The van der Waals surface area contributed by atoms with E-state index in [-0.39, 0.29) is 49.9 Å². The van der Waals surface area contributed by atoms with Gasteiger partial charge in [-0.05, 0) is 68.1 Å². The van der Waals surface area contributed by atoms with Crippen LogP contribution in [0, 0.1) is 35.5 Å². The first kappa shape index (κ1) is 68.6. The largest absolute Gasteiger partial charge is 0.455 e. The lowest BCUT2D eigenvalue weighted by Crippen LogP contribution is -2.63. The summed E-state index contributed by atoms with van der Waals surface area (Å²) in [6.45, 7) is 20.5. The number of hydrogen-bond acceptors (Lipinski definition) is 15. The predicted molar refractivity (Wildman–Crippen MR) is 281 cm³/mol. The van der Waals surface area contributed by atoms with Gasteiger partial charge in [0.15, 0.2) is 12.2 Å². The molecule has 1 aliphatic rings. The Morgan fingerprint density at radius 3 is 1.49 bits per heavy atom. The number of nitrogens with zero attached hydrogens (tertiary/aromatic N) is 4. The van der Waals surface area contributed by atoms with Crippen molar-refractivity contribution in [2.24, 2.45) is 41.2 Å². The third kappa shape index (κ3) is 19.2. The van der Waals surface area contributed by atoms with Crippen molar-refractivity contribution >= 4 is 59.1 Å². The minimum Gasteiger partial charge on any atom is -0.455 e. The van der Waals surface area contributed by atoms with Gasteiger partial charge in [0.1, 0.15) is 54.4 Å². The average Bonchev–Trinajstić information content (AvgIpc) is 3.31. The quantitative estimate of drug-likeness (QED) is 0.0839. The maximum absolute atomic E-state index is 14.7. The Hall–Kier alpha value is -5.46. The number of aliphatic hydroxyl groups is 4. The molecule has 0 aromatic heterocycles. The lowest BCUT2D eigenvalue weighted by atomic mass is 9.94. The summed E-state index contributed by atoms with van der Waals surface area (Å²) in [4.78, 5) is 146. The molecule has 1 saturated heterocycles. The maximum atomic E-state index is 14.7. The third-order valence-corrected chi connectivity index (χ3v) is 13.7. The summed E-state index contributed by atoms with van der Waals surface area (Å²) in [6, 6.07) is -11.5. The minimum atomic E-state index is -2.46. The first-order valence-corrected chi connectivity index (χ1v) is 26.5. The van der Waals surface area contributed by atoms with E-state index in [1.165, 1.54) is 35.1 Å². The molecule has 0 spiro atoms. The van der Waals surface area contributed by atoms with E-state index in [2.05, 4.69) is 21.3 Å². The second kappa shape index (κ2) is 31.1. The number of carbonyl (C=O) groups is 10. The molecule has 24 nitrogen and oxygen atoms in total. The fourth-order valence-corrected chi connectivity index (χ4v) is 9.36. The molecule has 76 heavy (non-hydrogen) atoms. The number of nitrogens with one attached hydrogen (secondary N) is 4. The van der Waals surface area contributed by atoms with Crippen LogP contribution in [0.1, 0.15) is 129 Å². The molecule has 10 N–H and O–H groups in total. The number of cyclic esters (lactones) is 1. The van der Waals surface area contributed by atoms with Crippen LogP contribution in [0.3, 0.4) is 0 Å². The van der Waals surface area contributed by atoms with Gasteiger partial charge < -0.3 is 71.8 Å². The molecular formula is C52H93N9O15. The van der Waals surface area contributed by atoms with E-state index in [0.717, 1.165) is 19.6 Å². The normalized spacial score (nSPS) is 27.8. The van der Waals surface area contributed by atoms with Crippen LogP contribution in [0.4, 0.5) is 0 Å². The SMILES string of the molecule is CC[C@H](C)[C@@H]1NC(=O)[C@H]([C@@H](C)O)N(C)C(=O)[C@H](CC(C)C)NC(=O)[C@H](O)[C@H]([C@H](O)CO)OC(=O)[C@H](C(C)C)N(C)C(=O)[C@@H](CC(C)C)N(C)C(=O)[C@H](CCC(N)=O)NC(=O)[C@@H](CC(C)C)NC(=O)[C@H](C(C)C)N(C)C1=O. The number of rotatable bonds is 16. The first-order chi connectivity index (χ1) is 35.1. The van der Waals surface area contributed by atoms with Crippen molar-refractivity contribution < 1.29 is 73.1 Å². The van der Waals surface area contributed by atoms with E-state index in [1.54, 1.807) is 83.1 Å². The first-order valence-electron chi connectivity index (χ1n) is 26.5. The van der Waals surface area contributed by atoms with Crippen molar-refractivity contribution in [3.63, 3.8) is 0 Å². The van der Waals surface area contributed by atoms with Gasteiger partial charge in [-0.25, -0.2) is 4.79 Å². The van der Waals surface area contributed by atoms with Crippen LogP contribution in [0.25, 0.3) is 0 Å². The second-order valence-corrected chi connectivity index (χ2v) is 22.4. The molecule has 0 saturated carbocycles. The van der Waals surface area contributed by atoms with Gasteiger partial charge in [-0.1, -0.05) is 89.5 Å². The molecule has 0 aromatic rings. The molecule has 1 heterocycles. The summed E-state index contributed by atoms with van der Waals surface area (Å²) in [5.41, 5.74) is 5.52. The van der Waals surface area contributed by atoms with Crippen LogP contribution in [-0.4, -0.2) is 207 Å². The van der Waals surface area contributed by atoms with E-state index in [9.17, 15) is 68.4 Å². The Morgan fingerprint density at radius 1 is 0.579 bits per heavy atom. The topological polar surface area (TPSA) is 348 Å². The number of nitrogens with two attached hydrogens (primary N) is 1. The number of carbonyl (C=O) groups excluding carboxylic acids is 10. The van der Waals surface area contributed by atoms with Crippen LogP contribution in [0.5, 0.6) is 0 Å². The minimum absolute atomic E-state index is 0.00630. The van der Waals surface area contributed by atoms with Crippen molar-refractivity contribution in [1.82, 2.24) is 40.9 Å². The molecule has 0 unspecified atom stereocenters. The summed E-state index contributed by atoms with van der Waals surface area (Å²) >= 11 is 0. The van der Waals surface area contributed by atoms with E-state index in [0.29, 0.717) is 6.42 Å². The number of ether oxygens (including phenoxy) is 1. The van der Waals surface area contributed by atoms with Gasteiger partial charge in [0.25, 0.3) is 5.91 Å². The van der Waals surface area contributed by atoms with Gasteiger partial charge in [-0.3, -0.25) is 43.2 Å².